The van der Waals surface area contributed by atoms with Crippen molar-refractivity contribution in [2.75, 3.05) is 6.54 Å². The maximum atomic E-state index is 12.7. The van der Waals surface area contributed by atoms with Crippen LogP contribution in [0.1, 0.15) is 89.9 Å². The molecule has 0 saturated heterocycles. The molecule has 30 heavy (non-hydrogen) atoms. The van der Waals surface area contributed by atoms with Crippen LogP contribution < -0.4 is 74.6 Å². The van der Waals surface area contributed by atoms with Gasteiger partial charge < -0.3 is 25.1 Å². The second-order valence-corrected chi connectivity index (χ2v) is 8.84. The van der Waals surface area contributed by atoms with E-state index in [4.69, 9.17) is 0 Å². The molecule has 2 atom stereocenters. The van der Waals surface area contributed by atoms with Crippen molar-refractivity contribution >= 4 is 17.8 Å². The van der Waals surface area contributed by atoms with Crippen molar-refractivity contribution in [3.63, 3.8) is 0 Å². The minimum absolute atomic E-state index is 0. The Morgan fingerprint density at radius 1 is 0.767 bits per heavy atom. The van der Waals surface area contributed by atoms with Gasteiger partial charge in [0.1, 0.15) is 0 Å². The SMILES string of the molecule is O=C([O-])CCNC(=O)C(CC1CCCCC1)CC(CC1CCCCC1)C(=O)[O-].[Na+].[Na+]. The number of hydrogen-bond acceptors (Lipinski definition) is 5. The molecule has 160 valence electrons. The summed E-state index contributed by atoms with van der Waals surface area (Å²) in [5.74, 6) is -2.62. The van der Waals surface area contributed by atoms with Crippen LogP contribution >= 0.6 is 0 Å². The van der Waals surface area contributed by atoms with E-state index < -0.39 is 23.8 Å². The summed E-state index contributed by atoms with van der Waals surface area (Å²) in [6.07, 6.45) is 12.7. The Bertz CT molecular complexity index is 520. The van der Waals surface area contributed by atoms with Crippen LogP contribution in [0.5, 0.6) is 0 Å². The molecule has 2 fully saturated rings. The maximum absolute atomic E-state index is 12.7. The van der Waals surface area contributed by atoms with Gasteiger partial charge in [-0.1, -0.05) is 64.2 Å². The van der Waals surface area contributed by atoms with Crippen LogP contribution in [0.3, 0.4) is 0 Å². The molecular formula is C22H35NNa2O5. The maximum Gasteiger partial charge on any atom is 1.00 e. The zero-order valence-corrected chi connectivity index (χ0v) is 23.0. The van der Waals surface area contributed by atoms with E-state index >= 15 is 0 Å². The average Bonchev–Trinajstić information content (AvgIpc) is 2.68. The average molecular weight is 440 g/mol. The molecule has 0 aromatic heterocycles. The van der Waals surface area contributed by atoms with Gasteiger partial charge in [0.05, 0.1) is 0 Å². The van der Waals surface area contributed by atoms with Crippen molar-refractivity contribution < 1.29 is 83.7 Å². The smallest absolute Gasteiger partial charge is 0.550 e. The van der Waals surface area contributed by atoms with E-state index in [0.717, 1.165) is 51.4 Å². The Hall–Kier alpha value is 0.410. The third-order valence-corrected chi connectivity index (χ3v) is 6.59. The summed E-state index contributed by atoms with van der Waals surface area (Å²) in [4.78, 5) is 35.1. The normalized spacial score (nSPS) is 19.6. The Balaban J connectivity index is 0.00000420. The minimum Gasteiger partial charge on any atom is -0.550 e. The molecule has 0 bridgehead atoms. The van der Waals surface area contributed by atoms with Gasteiger partial charge in [0.15, 0.2) is 0 Å². The zero-order chi connectivity index (χ0) is 20.4. The fraction of sp³-hybridized carbons (Fsp3) is 0.864. The molecule has 0 aromatic carbocycles. The van der Waals surface area contributed by atoms with Crippen LogP contribution in [0.4, 0.5) is 0 Å². The minimum atomic E-state index is -1.20. The van der Waals surface area contributed by atoms with E-state index in [1.165, 1.54) is 12.8 Å². The van der Waals surface area contributed by atoms with Crippen molar-refractivity contribution in [1.82, 2.24) is 5.32 Å². The van der Waals surface area contributed by atoms with Gasteiger partial charge in [-0.25, -0.2) is 0 Å². The van der Waals surface area contributed by atoms with Crippen LogP contribution in [-0.4, -0.2) is 24.4 Å². The quantitative estimate of drug-likeness (QED) is 0.327. The molecule has 8 heteroatoms. The van der Waals surface area contributed by atoms with Gasteiger partial charge >= 0.3 is 59.1 Å². The molecule has 2 saturated carbocycles. The second-order valence-electron chi connectivity index (χ2n) is 8.84. The summed E-state index contributed by atoms with van der Waals surface area (Å²) in [5, 5.41) is 25.1. The Morgan fingerprint density at radius 2 is 1.23 bits per heavy atom. The first-order valence-electron chi connectivity index (χ1n) is 11.1. The van der Waals surface area contributed by atoms with Crippen LogP contribution in [-0.2, 0) is 14.4 Å². The van der Waals surface area contributed by atoms with Crippen molar-refractivity contribution in [2.24, 2.45) is 23.7 Å². The topological polar surface area (TPSA) is 109 Å². The van der Waals surface area contributed by atoms with Gasteiger partial charge in [-0.3, -0.25) is 4.79 Å². The first-order valence-corrected chi connectivity index (χ1v) is 11.1. The Morgan fingerprint density at radius 3 is 1.67 bits per heavy atom. The molecule has 2 aliphatic rings. The van der Waals surface area contributed by atoms with Gasteiger partial charge in [-0.05, 0) is 37.0 Å². The summed E-state index contributed by atoms with van der Waals surface area (Å²) in [7, 11) is 0. The molecule has 2 unspecified atom stereocenters. The first-order chi connectivity index (χ1) is 13.5. The number of nitrogens with one attached hydrogen (secondary N) is 1. The largest absolute Gasteiger partial charge is 1.00 e. The number of carboxylic acids is 2. The van der Waals surface area contributed by atoms with Gasteiger partial charge in [-0.2, -0.15) is 0 Å². The molecule has 0 spiro atoms. The molecule has 2 aliphatic carbocycles. The van der Waals surface area contributed by atoms with Crippen molar-refractivity contribution in [1.29, 1.82) is 0 Å². The van der Waals surface area contributed by atoms with Gasteiger partial charge in [-0.15, -0.1) is 0 Å². The molecule has 2 rings (SSSR count). The predicted octanol–water partition coefficient (Wildman–Crippen LogP) is -4.44. The van der Waals surface area contributed by atoms with E-state index in [1.54, 1.807) is 0 Å². The van der Waals surface area contributed by atoms with E-state index in [9.17, 15) is 24.6 Å². The Kier molecular flexibility index (Phi) is 17.2. The number of aliphatic carboxylic acids is 2. The van der Waals surface area contributed by atoms with Crippen molar-refractivity contribution in [3.05, 3.63) is 0 Å². The summed E-state index contributed by atoms with van der Waals surface area (Å²) < 4.78 is 0. The van der Waals surface area contributed by atoms with E-state index in [-0.39, 0.29) is 78.0 Å². The molecule has 0 radical (unpaired) electrons. The number of carbonyl (C=O) groups is 3. The van der Waals surface area contributed by atoms with E-state index in [2.05, 4.69) is 5.32 Å². The summed E-state index contributed by atoms with van der Waals surface area (Å²) >= 11 is 0. The number of carboxylic acid groups (broad SMARTS) is 2. The molecule has 0 aliphatic heterocycles. The summed E-state index contributed by atoms with van der Waals surface area (Å²) in [6.45, 7) is 0.0287. The Labute approximate surface area is 225 Å². The fourth-order valence-electron chi connectivity index (χ4n) is 5.02. The van der Waals surface area contributed by atoms with Crippen LogP contribution in [0.25, 0.3) is 0 Å². The molecule has 0 heterocycles. The number of carbonyl (C=O) groups excluding carboxylic acids is 3. The van der Waals surface area contributed by atoms with E-state index in [1.807, 2.05) is 0 Å². The fourth-order valence-corrected chi connectivity index (χ4v) is 5.02. The third-order valence-electron chi connectivity index (χ3n) is 6.59. The summed E-state index contributed by atoms with van der Waals surface area (Å²) in [5.41, 5.74) is 0. The molecular weight excluding hydrogens is 404 g/mol. The van der Waals surface area contributed by atoms with Gasteiger partial charge in [0.2, 0.25) is 5.91 Å². The first kappa shape index (κ1) is 30.4. The van der Waals surface area contributed by atoms with Crippen LogP contribution in [0.2, 0.25) is 0 Å². The number of rotatable bonds is 11. The van der Waals surface area contributed by atoms with Crippen LogP contribution in [0.15, 0.2) is 0 Å². The molecule has 6 nitrogen and oxygen atoms in total. The van der Waals surface area contributed by atoms with Crippen molar-refractivity contribution in [3.8, 4) is 0 Å². The van der Waals surface area contributed by atoms with E-state index in [0.29, 0.717) is 31.1 Å². The molecule has 1 amide bonds. The predicted molar refractivity (Wildman–Crippen MR) is 102 cm³/mol. The van der Waals surface area contributed by atoms with Gasteiger partial charge in [0.25, 0.3) is 0 Å². The zero-order valence-electron chi connectivity index (χ0n) is 19.0. The number of amides is 1. The summed E-state index contributed by atoms with van der Waals surface area (Å²) in [6, 6.07) is 0. The number of hydrogen-bond donors (Lipinski definition) is 1. The van der Waals surface area contributed by atoms with Crippen LogP contribution in [0, 0.1) is 23.7 Å². The van der Waals surface area contributed by atoms with Gasteiger partial charge in [0, 0.05) is 30.8 Å². The van der Waals surface area contributed by atoms with Crippen molar-refractivity contribution in [2.45, 2.75) is 89.9 Å². The third kappa shape index (κ3) is 11.9. The standard InChI is InChI=1S/C22H37NO5.2Na/c24-20(25)11-12-23-21(26)18(13-16-7-3-1-4-8-16)15-19(22(27)28)14-17-9-5-2-6-10-17;;/h16-19H,1-15H2,(H,23,26)(H,24,25)(H,27,28);;/q;2*+1/p-2. The second kappa shape index (κ2) is 17.0. The monoisotopic (exact) mass is 439 g/mol. The molecule has 1 N–H and O–H groups in total. The molecule has 0 aromatic rings.